The second-order valence-electron chi connectivity index (χ2n) is 4.31. The highest BCUT2D eigenvalue weighted by Gasteiger charge is 2.12. The number of amides is 2. The van der Waals surface area contributed by atoms with Gasteiger partial charge in [-0.3, -0.25) is 14.6 Å². The molecule has 0 fully saturated rings. The lowest BCUT2D eigenvalue weighted by Crippen LogP contribution is -2.32. The summed E-state index contributed by atoms with van der Waals surface area (Å²) in [4.78, 5) is 27.1. The van der Waals surface area contributed by atoms with Crippen molar-refractivity contribution in [3.05, 3.63) is 59.9 Å². The van der Waals surface area contributed by atoms with Crippen LogP contribution < -0.4 is 10.7 Å². The number of carbonyl (C=O) groups excluding carboxylic acids is 2. The predicted octanol–water partition coefficient (Wildman–Crippen LogP) is 1.48. The first kappa shape index (κ1) is 14.4. The SMILES string of the molecule is Cc1cccc(NC(=O)C(=O)N/N=C/c2cccnc2)c1. The smallest absolute Gasteiger partial charge is 0.318 e. The van der Waals surface area contributed by atoms with Gasteiger partial charge in [-0.2, -0.15) is 5.10 Å². The molecular weight excluding hydrogens is 268 g/mol. The number of hydrazone groups is 1. The molecule has 2 rings (SSSR count). The van der Waals surface area contributed by atoms with Crippen LogP contribution >= 0.6 is 0 Å². The standard InChI is InChI=1S/C15H14N4O2/c1-11-4-2-6-13(8-11)18-14(20)15(21)19-17-10-12-5-3-7-16-9-12/h2-10H,1H3,(H,18,20)(H,19,21)/b17-10+. The molecule has 0 saturated carbocycles. The van der Waals surface area contributed by atoms with Crippen molar-refractivity contribution in [1.82, 2.24) is 10.4 Å². The highest BCUT2D eigenvalue weighted by molar-refractivity contribution is 6.39. The molecule has 0 atom stereocenters. The molecule has 6 heteroatoms. The molecule has 2 N–H and O–H groups in total. The fourth-order valence-corrected chi connectivity index (χ4v) is 1.58. The highest BCUT2D eigenvalue weighted by atomic mass is 16.2. The molecule has 0 saturated heterocycles. The van der Waals surface area contributed by atoms with Crippen LogP contribution in [-0.2, 0) is 9.59 Å². The van der Waals surface area contributed by atoms with E-state index in [1.807, 2.05) is 13.0 Å². The fraction of sp³-hybridized carbons (Fsp3) is 0.0667. The second kappa shape index (κ2) is 6.95. The number of aromatic nitrogens is 1. The maximum atomic E-state index is 11.7. The molecule has 0 aliphatic heterocycles. The van der Waals surface area contributed by atoms with E-state index in [-0.39, 0.29) is 0 Å². The number of hydrogen-bond acceptors (Lipinski definition) is 4. The minimum absolute atomic E-state index is 0.561. The minimum atomic E-state index is -0.836. The topological polar surface area (TPSA) is 83.5 Å². The number of hydrogen-bond donors (Lipinski definition) is 2. The number of pyridine rings is 1. The summed E-state index contributed by atoms with van der Waals surface area (Å²) in [6, 6.07) is 10.7. The van der Waals surface area contributed by atoms with E-state index in [0.29, 0.717) is 5.69 Å². The van der Waals surface area contributed by atoms with Crippen molar-refractivity contribution >= 4 is 23.7 Å². The number of rotatable bonds is 3. The second-order valence-corrected chi connectivity index (χ2v) is 4.31. The van der Waals surface area contributed by atoms with Gasteiger partial charge < -0.3 is 5.32 Å². The Labute approximate surface area is 121 Å². The van der Waals surface area contributed by atoms with E-state index in [4.69, 9.17) is 0 Å². The largest absolute Gasteiger partial charge is 0.329 e. The van der Waals surface area contributed by atoms with Crippen LogP contribution in [0.1, 0.15) is 11.1 Å². The van der Waals surface area contributed by atoms with Crippen LogP contribution in [0.2, 0.25) is 0 Å². The zero-order valence-corrected chi connectivity index (χ0v) is 11.4. The lowest BCUT2D eigenvalue weighted by atomic mass is 10.2. The Hall–Kier alpha value is -3.02. The monoisotopic (exact) mass is 282 g/mol. The molecule has 1 aromatic heterocycles. The minimum Gasteiger partial charge on any atom is -0.318 e. The summed E-state index contributed by atoms with van der Waals surface area (Å²) in [6.07, 6.45) is 4.62. The van der Waals surface area contributed by atoms with Crippen molar-refractivity contribution in [3.8, 4) is 0 Å². The fourth-order valence-electron chi connectivity index (χ4n) is 1.58. The molecule has 21 heavy (non-hydrogen) atoms. The van der Waals surface area contributed by atoms with Crippen LogP contribution in [0.15, 0.2) is 53.9 Å². The van der Waals surface area contributed by atoms with Crippen molar-refractivity contribution in [2.24, 2.45) is 5.10 Å². The Morgan fingerprint density at radius 1 is 1.19 bits per heavy atom. The zero-order valence-electron chi connectivity index (χ0n) is 11.4. The summed E-state index contributed by atoms with van der Waals surface area (Å²) in [6.45, 7) is 1.90. The van der Waals surface area contributed by atoms with Crippen LogP contribution in [0.3, 0.4) is 0 Å². The van der Waals surface area contributed by atoms with Gasteiger partial charge in [0.15, 0.2) is 0 Å². The first-order valence-corrected chi connectivity index (χ1v) is 6.26. The van der Waals surface area contributed by atoms with Gasteiger partial charge in [-0.05, 0) is 30.7 Å². The number of anilines is 1. The molecular formula is C15H14N4O2. The summed E-state index contributed by atoms with van der Waals surface area (Å²) < 4.78 is 0. The van der Waals surface area contributed by atoms with E-state index < -0.39 is 11.8 Å². The normalized spacial score (nSPS) is 10.3. The maximum Gasteiger partial charge on any atom is 0.329 e. The van der Waals surface area contributed by atoms with Gasteiger partial charge in [-0.1, -0.05) is 18.2 Å². The average molecular weight is 282 g/mol. The van der Waals surface area contributed by atoms with Gasteiger partial charge in [0.25, 0.3) is 0 Å². The Morgan fingerprint density at radius 2 is 2.05 bits per heavy atom. The van der Waals surface area contributed by atoms with E-state index in [9.17, 15) is 9.59 Å². The summed E-state index contributed by atoms with van der Waals surface area (Å²) in [5.74, 6) is -1.61. The van der Waals surface area contributed by atoms with Crippen molar-refractivity contribution in [2.45, 2.75) is 6.92 Å². The predicted molar refractivity (Wildman–Crippen MR) is 79.8 cm³/mol. The third-order valence-corrected chi connectivity index (χ3v) is 2.55. The van der Waals surface area contributed by atoms with Gasteiger partial charge in [0, 0.05) is 23.6 Å². The Bertz CT molecular complexity index is 668. The molecule has 0 bridgehead atoms. The first-order valence-electron chi connectivity index (χ1n) is 6.26. The Kier molecular flexibility index (Phi) is 4.76. The molecule has 0 aliphatic carbocycles. The van der Waals surface area contributed by atoms with E-state index in [0.717, 1.165) is 11.1 Å². The third kappa shape index (κ3) is 4.54. The zero-order chi connectivity index (χ0) is 15.1. The molecule has 0 aliphatic rings. The molecule has 0 radical (unpaired) electrons. The number of aryl methyl sites for hydroxylation is 1. The van der Waals surface area contributed by atoms with Crippen molar-refractivity contribution in [1.29, 1.82) is 0 Å². The first-order chi connectivity index (χ1) is 10.1. The van der Waals surface area contributed by atoms with Gasteiger partial charge in [-0.15, -0.1) is 0 Å². The number of benzene rings is 1. The lowest BCUT2D eigenvalue weighted by molar-refractivity contribution is -0.136. The molecule has 2 aromatic rings. The summed E-state index contributed by atoms with van der Waals surface area (Å²) in [7, 11) is 0. The molecule has 6 nitrogen and oxygen atoms in total. The van der Waals surface area contributed by atoms with Gasteiger partial charge in [0.05, 0.1) is 6.21 Å². The van der Waals surface area contributed by atoms with Crippen LogP contribution in [-0.4, -0.2) is 23.0 Å². The quantitative estimate of drug-likeness (QED) is 0.508. The van der Waals surface area contributed by atoms with Gasteiger partial charge >= 0.3 is 11.8 Å². The number of carbonyl (C=O) groups is 2. The van der Waals surface area contributed by atoms with Crippen molar-refractivity contribution in [3.63, 3.8) is 0 Å². The molecule has 0 spiro atoms. The van der Waals surface area contributed by atoms with Crippen LogP contribution in [0.5, 0.6) is 0 Å². The summed E-state index contributed by atoms with van der Waals surface area (Å²) in [5, 5.41) is 6.19. The van der Waals surface area contributed by atoms with E-state index in [2.05, 4.69) is 20.8 Å². The Morgan fingerprint density at radius 3 is 2.76 bits per heavy atom. The lowest BCUT2D eigenvalue weighted by Gasteiger charge is -2.04. The number of nitrogens with zero attached hydrogens (tertiary/aromatic N) is 2. The molecule has 1 aromatic carbocycles. The highest BCUT2D eigenvalue weighted by Crippen LogP contribution is 2.08. The van der Waals surface area contributed by atoms with Crippen molar-refractivity contribution in [2.75, 3.05) is 5.32 Å². The third-order valence-electron chi connectivity index (χ3n) is 2.55. The maximum absolute atomic E-state index is 11.7. The van der Waals surface area contributed by atoms with E-state index in [1.54, 1.807) is 42.7 Å². The van der Waals surface area contributed by atoms with Gasteiger partial charge in [0.2, 0.25) is 0 Å². The van der Waals surface area contributed by atoms with E-state index in [1.165, 1.54) is 6.21 Å². The number of nitrogens with one attached hydrogen (secondary N) is 2. The summed E-state index contributed by atoms with van der Waals surface area (Å²) >= 11 is 0. The van der Waals surface area contributed by atoms with Crippen LogP contribution in [0, 0.1) is 6.92 Å². The van der Waals surface area contributed by atoms with Crippen LogP contribution in [0.4, 0.5) is 5.69 Å². The molecule has 2 amide bonds. The average Bonchev–Trinajstić information content (AvgIpc) is 2.48. The van der Waals surface area contributed by atoms with Gasteiger partial charge in [-0.25, -0.2) is 5.43 Å². The van der Waals surface area contributed by atoms with E-state index >= 15 is 0 Å². The molecule has 0 unspecified atom stereocenters. The summed E-state index contributed by atoms with van der Waals surface area (Å²) in [5.41, 5.74) is 4.43. The van der Waals surface area contributed by atoms with Gasteiger partial charge in [0.1, 0.15) is 0 Å². The molecule has 1 heterocycles. The Balaban J connectivity index is 1.88. The molecule has 106 valence electrons. The van der Waals surface area contributed by atoms with Crippen LogP contribution in [0.25, 0.3) is 0 Å². The van der Waals surface area contributed by atoms with Crippen molar-refractivity contribution < 1.29 is 9.59 Å².